The first-order valence-electron chi connectivity index (χ1n) is 4.66. The van der Waals surface area contributed by atoms with Crippen LogP contribution in [0.4, 0.5) is 0 Å². The van der Waals surface area contributed by atoms with Gasteiger partial charge in [0.15, 0.2) is 0 Å². The number of phenols is 2. The molecule has 0 saturated carbocycles. The van der Waals surface area contributed by atoms with Crippen molar-refractivity contribution in [1.82, 2.24) is 5.32 Å². The van der Waals surface area contributed by atoms with Gasteiger partial charge in [-0.05, 0) is 6.07 Å². The summed E-state index contributed by atoms with van der Waals surface area (Å²) in [6.07, 6.45) is 0. The number of hydrogen-bond donors (Lipinski definition) is 4. The van der Waals surface area contributed by atoms with Gasteiger partial charge in [-0.25, -0.2) is 0 Å². The molecule has 0 radical (unpaired) electrons. The Labute approximate surface area is 82.4 Å². The van der Waals surface area contributed by atoms with Crippen LogP contribution in [-0.4, -0.2) is 29.3 Å². The van der Waals surface area contributed by atoms with Gasteiger partial charge in [-0.3, -0.25) is 0 Å². The molecule has 1 fully saturated rings. The molecule has 1 aliphatic heterocycles. The van der Waals surface area contributed by atoms with Crippen molar-refractivity contribution in [3.05, 3.63) is 23.8 Å². The van der Waals surface area contributed by atoms with E-state index < -0.39 is 0 Å². The van der Waals surface area contributed by atoms with E-state index in [1.54, 1.807) is 12.1 Å². The van der Waals surface area contributed by atoms with Crippen LogP contribution in [0.5, 0.6) is 11.5 Å². The molecule has 1 aliphatic rings. The SMILES string of the molecule is NC1CNCC1c1ccc(O)cc1O. The summed E-state index contributed by atoms with van der Waals surface area (Å²) >= 11 is 0. The van der Waals surface area contributed by atoms with Crippen LogP contribution in [0.2, 0.25) is 0 Å². The molecule has 76 valence electrons. The van der Waals surface area contributed by atoms with Crippen LogP contribution in [-0.2, 0) is 0 Å². The Hall–Kier alpha value is -1.26. The lowest BCUT2D eigenvalue weighted by Gasteiger charge is -2.15. The van der Waals surface area contributed by atoms with Crippen molar-refractivity contribution in [3.8, 4) is 11.5 Å². The molecular weight excluding hydrogens is 180 g/mol. The van der Waals surface area contributed by atoms with E-state index >= 15 is 0 Å². The Bertz CT molecular complexity index is 341. The molecule has 1 aromatic rings. The molecule has 1 saturated heterocycles. The van der Waals surface area contributed by atoms with E-state index in [9.17, 15) is 5.11 Å². The summed E-state index contributed by atoms with van der Waals surface area (Å²) in [5, 5.41) is 21.9. The van der Waals surface area contributed by atoms with Gasteiger partial charge in [0, 0.05) is 36.7 Å². The number of nitrogens with two attached hydrogens (primary N) is 1. The molecule has 0 bridgehead atoms. The Morgan fingerprint density at radius 2 is 2.07 bits per heavy atom. The lowest BCUT2D eigenvalue weighted by molar-refractivity contribution is 0.440. The summed E-state index contributed by atoms with van der Waals surface area (Å²) in [5.74, 6) is 0.329. The molecule has 0 aliphatic carbocycles. The fourth-order valence-corrected chi connectivity index (χ4v) is 1.89. The zero-order chi connectivity index (χ0) is 10.1. The zero-order valence-electron chi connectivity index (χ0n) is 7.77. The van der Waals surface area contributed by atoms with Crippen molar-refractivity contribution in [1.29, 1.82) is 0 Å². The zero-order valence-corrected chi connectivity index (χ0v) is 7.77. The number of benzene rings is 1. The molecule has 0 aromatic heterocycles. The summed E-state index contributed by atoms with van der Waals surface area (Å²) in [6.45, 7) is 1.55. The average molecular weight is 194 g/mol. The van der Waals surface area contributed by atoms with Gasteiger partial charge < -0.3 is 21.3 Å². The highest BCUT2D eigenvalue weighted by Gasteiger charge is 2.27. The topological polar surface area (TPSA) is 78.5 Å². The maximum atomic E-state index is 9.63. The fraction of sp³-hybridized carbons (Fsp3) is 0.400. The van der Waals surface area contributed by atoms with Crippen LogP contribution in [0.15, 0.2) is 18.2 Å². The molecule has 14 heavy (non-hydrogen) atoms. The quantitative estimate of drug-likeness (QED) is 0.512. The van der Waals surface area contributed by atoms with Crippen LogP contribution in [0.1, 0.15) is 11.5 Å². The van der Waals surface area contributed by atoms with Crippen LogP contribution in [0, 0.1) is 0 Å². The highest BCUT2D eigenvalue weighted by Crippen LogP contribution is 2.31. The Morgan fingerprint density at radius 3 is 2.64 bits per heavy atom. The van der Waals surface area contributed by atoms with Crippen LogP contribution >= 0.6 is 0 Å². The van der Waals surface area contributed by atoms with Crippen molar-refractivity contribution in [2.24, 2.45) is 5.73 Å². The number of hydrogen-bond acceptors (Lipinski definition) is 4. The van der Waals surface area contributed by atoms with Gasteiger partial charge in [-0.1, -0.05) is 6.07 Å². The largest absolute Gasteiger partial charge is 0.508 e. The van der Waals surface area contributed by atoms with Gasteiger partial charge in [0.1, 0.15) is 11.5 Å². The minimum atomic E-state index is 0.0328. The first-order valence-corrected chi connectivity index (χ1v) is 4.66. The van der Waals surface area contributed by atoms with Crippen molar-refractivity contribution in [2.75, 3.05) is 13.1 Å². The molecule has 0 amide bonds. The minimum Gasteiger partial charge on any atom is -0.508 e. The van der Waals surface area contributed by atoms with E-state index in [4.69, 9.17) is 10.8 Å². The second-order valence-corrected chi connectivity index (χ2v) is 3.67. The molecule has 4 nitrogen and oxygen atoms in total. The van der Waals surface area contributed by atoms with Crippen LogP contribution < -0.4 is 11.1 Å². The lowest BCUT2D eigenvalue weighted by Crippen LogP contribution is -2.27. The highest BCUT2D eigenvalue weighted by molar-refractivity contribution is 5.42. The molecule has 0 spiro atoms. The third-order valence-electron chi connectivity index (χ3n) is 2.67. The van der Waals surface area contributed by atoms with Gasteiger partial charge in [-0.2, -0.15) is 0 Å². The Kier molecular flexibility index (Phi) is 2.31. The molecular formula is C10H14N2O2. The van der Waals surface area contributed by atoms with Crippen molar-refractivity contribution < 1.29 is 10.2 Å². The maximum absolute atomic E-state index is 9.63. The van der Waals surface area contributed by atoms with E-state index in [2.05, 4.69) is 5.32 Å². The Balaban J connectivity index is 2.31. The van der Waals surface area contributed by atoms with Crippen molar-refractivity contribution in [2.45, 2.75) is 12.0 Å². The van der Waals surface area contributed by atoms with E-state index in [1.165, 1.54) is 6.07 Å². The van der Waals surface area contributed by atoms with E-state index in [1.807, 2.05) is 0 Å². The molecule has 2 atom stereocenters. The molecule has 1 aromatic carbocycles. The summed E-state index contributed by atoms with van der Waals surface area (Å²) in [4.78, 5) is 0. The third kappa shape index (κ3) is 1.54. The third-order valence-corrected chi connectivity index (χ3v) is 2.67. The normalized spacial score (nSPS) is 26.6. The number of rotatable bonds is 1. The van der Waals surface area contributed by atoms with Crippen molar-refractivity contribution in [3.63, 3.8) is 0 Å². The highest BCUT2D eigenvalue weighted by atomic mass is 16.3. The second-order valence-electron chi connectivity index (χ2n) is 3.67. The number of phenolic OH excluding ortho intramolecular Hbond substituents is 2. The molecule has 5 N–H and O–H groups in total. The maximum Gasteiger partial charge on any atom is 0.122 e. The van der Waals surface area contributed by atoms with Gasteiger partial charge >= 0.3 is 0 Å². The van der Waals surface area contributed by atoms with Gasteiger partial charge in [0.05, 0.1) is 0 Å². The summed E-state index contributed by atoms with van der Waals surface area (Å²) in [5.41, 5.74) is 6.69. The van der Waals surface area contributed by atoms with Crippen LogP contribution in [0.25, 0.3) is 0 Å². The Morgan fingerprint density at radius 1 is 1.29 bits per heavy atom. The summed E-state index contributed by atoms with van der Waals surface area (Å²) < 4.78 is 0. The second kappa shape index (κ2) is 3.48. The molecule has 2 rings (SSSR count). The first-order chi connectivity index (χ1) is 6.68. The summed E-state index contributed by atoms with van der Waals surface area (Å²) in [7, 11) is 0. The van der Waals surface area contributed by atoms with Crippen molar-refractivity contribution >= 4 is 0 Å². The first kappa shape index (κ1) is 9.30. The van der Waals surface area contributed by atoms with Gasteiger partial charge in [0.2, 0.25) is 0 Å². The van der Waals surface area contributed by atoms with E-state index in [0.717, 1.165) is 18.7 Å². The van der Waals surface area contributed by atoms with Crippen LogP contribution in [0.3, 0.4) is 0 Å². The molecule has 1 heterocycles. The smallest absolute Gasteiger partial charge is 0.122 e. The fourth-order valence-electron chi connectivity index (χ4n) is 1.89. The minimum absolute atomic E-state index is 0.0328. The average Bonchev–Trinajstić information content (AvgIpc) is 2.52. The lowest BCUT2D eigenvalue weighted by atomic mass is 9.94. The number of nitrogens with one attached hydrogen (secondary N) is 1. The van der Waals surface area contributed by atoms with E-state index in [0.29, 0.717) is 0 Å². The van der Waals surface area contributed by atoms with Gasteiger partial charge in [0.25, 0.3) is 0 Å². The molecule has 2 unspecified atom stereocenters. The van der Waals surface area contributed by atoms with E-state index in [-0.39, 0.29) is 23.5 Å². The summed E-state index contributed by atoms with van der Waals surface area (Å²) in [6, 6.07) is 4.67. The number of aromatic hydroxyl groups is 2. The molecule has 4 heteroatoms. The predicted octanol–water partition coefficient (Wildman–Crippen LogP) is 0.112. The standard InChI is InChI=1S/C10H14N2O2/c11-9-5-12-4-8(9)7-2-1-6(13)3-10(7)14/h1-3,8-9,12-14H,4-5,11H2. The predicted molar refractivity (Wildman–Crippen MR) is 53.4 cm³/mol. The monoisotopic (exact) mass is 194 g/mol. The van der Waals surface area contributed by atoms with Gasteiger partial charge in [-0.15, -0.1) is 0 Å².